The Bertz CT molecular complexity index is 1060. The summed E-state index contributed by atoms with van der Waals surface area (Å²) in [5.74, 6) is 3.66. The fraction of sp³-hybridized carbons (Fsp3) is 0.200. The molecule has 2 aromatic carbocycles. The van der Waals surface area contributed by atoms with Gasteiger partial charge in [-0.1, -0.05) is 35.5 Å². The molecule has 26 heavy (non-hydrogen) atoms. The van der Waals surface area contributed by atoms with Crippen LogP contribution in [0.1, 0.15) is 5.56 Å². The van der Waals surface area contributed by atoms with E-state index in [4.69, 9.17) is 15.9 Å². The largest absolute Gasteiger partial charge is 0.497 e. The molecule has 0 atom stereocenters. The van der Waals surface area contributed by atoms with Gasteiger partial charge in [0.25, 0.3) is 5.91 Å². The fourth-order valence-corrected chi connectivity index (χ4v) is 3.58. The maximum absolute atomic E-state index is 12.3. The number of terminal acetylenes is 1. The number of rotatable bonds is 5. The molecule has 0 saturated carbocycles. The first-order chi connectivity index (χ1) is 12.6. The third-order valence-electron chi connectivity index (χ3n) is 3.80. The van der Waals surface area contributed by atoms with Crippen LogP contribution in [0.2, 0.25) is 0 Å². The summed E-state index contributed by atoms with van der Waals surface area (Å²) in [5, 5.41) is 0. The molecule has 0 aliphatic heterocycles. The Hall–Kier alpha value is -3.04. The Balaban J connectivity index is 1.90. The second kappa shape index (κ2) is 7.89. The van der Waals surface area contributed by atoms with E-state index in [1.165, 1.54) is 11.3 Å². The molecule has 6 heteroatoms. The number of nitrogens with zero attached hydrogens (tertiary/aromatic N) is 2. The van der Waals surface area contributed by atoms with Crippen LogP contribution in [0.15, 0.2) is 47.5 Å². The van der Waals surface area contributed by atoms with E-state index in [0.29, 0.717) is 17.1 Å². The van der Waals surface area contributed by atoms with E-state index >= 15 is 0 Å². The van der Waals surface area contributed by atoms with Crippen LogP contribution in [0.5, 0.6) is 11.5 Å². The van der Waals surface area contributed by atoms with E-state index in [9.17, 15) is 4.79 Å². The Morgan fingerprint density at radius 2 is 2.12 bits per heavy atom. The van der Waals surface area contributed by atoms with Crippen molar-refractivity contribution in [1.82, 2.24) is 4.57 Å². The summed E-state index contributed by atoms with van der Waals surface area (Å²) in [6, 6.07) is 13.2. The summed E-state index contributed by atoms with van der Waals surface area (Å²) in [6.45, 7) is 2.13. The van der Waals surface area contributed by atoms with Gasteiger partial charge in [-0.15, -0.1) is 6.42 Å². The number of aromatic nitrogens is 1. The fourth-order valence-electron chi connectivity index (χ4n) is 2.51. The molecule has 0 N–H and O–H groups in total. The lowest BCUT2D eigenvalue weighted by Gasteiger charge is -2.06. The second-order valence-electron chi connectivity index (χ2n) is 5.57. The van der Waals surface area contributed by atoms with E-state index in [1.807, 2.05) is 54.0 Å². The summed E-state index contributed by atoms with van der Waals surface area (Å²) in [4.78, 5) is 17.0. The molecular weight excluding hydrogens is 348 g/mol. The smallest absolute Gasteiger partial charge is 0.286 e. The van der Waals surface area contributed by atoms with Gasteiger partial charge in [0.2, 0.25) is 0 Å². The molecule has 3 rings (SSSR count). The van der Waals surface area contributed by atoms with Crippen molar-refractivity contribution in [3.05, 3.63) is 52.8 Å². The Morgan fingerprint density at radius 3 is 2.85 bits per heavy atom. The first kappa shape index (κ1) is 17.8. The average molecular weight is 366 g/mol. The average Bonchev–Trinajstić information content (AvgIpc) is 2.97. The van der Waals surface area contributed by atoms with Gasteiger partial charge in [0.05, 0.1) is 23.9 Å². The monoisotopic (exact) mass is 366 g/mol. The quantitative estimate of drug-likeness (QED) is 0.652. The molecular formula is C20H18N2O3S. The third-order valence-corrected chi connectivity index (χ3v) is 4.85. The van der Waals surface area contributed by atoms with Gasteiger partial charge in [-0.3, -0.25) is 4.79 Å². The number of ether oxygens (including phenoxy) is 2. The van der Waals surface area contributed by atoms with Crippen molar-refractivity contribution in [3.8, 4) is 23.8 Å². The maximum Gasteiger partial charge on any atom is 0.286 e. The van der Waals surface area contributed by atoms with E-state index in [2.05, 4.69) is 10.9 Å². The zero-order chi connectivity index (χ0) is 18.5. The summed E-state index contributed by atoms with van der Waals surface area (Å²) in [7, 11) is 1.61. The summed E-state index contributed by atoms with van der Waals surface area (Å²) in [6.07, 6.45) is 5.48. The topological polar surface area (TPSA) is 52.8 Å². The Labute approximate surface area is 155 Å². The second-order valence-corrected chi connectivity index (χ2v) is 6.58. The normalized spacial score (nSPS) is 11.3. The molecule has 0 bridgehead atoms. The highest BCUT2D eigenvalue weighted by molar-refractivity contribution is 7.16. The van der Waals surface area contributed by atoms with Crippen LogP contribution in [0.3, 0.4) is 0 Å². The molecule has 0 unspecified atom stereocenters. The van der Waals surface area contributed by atoms with Crippen LogP contribution in [0.25, 0.3) is 10.2 Å². The number of amides is 1. The molecule has 1 amide bonds. The summed E-state index contributed by atoms with van der Waals surface area (Å²) < 4.78 is 13.6. The highest BCUT2D eigenvalue weighted by Gasteiger charge is 2.09. The van der Waals surface area contributed by atoms with Crippen molar-refractivity contribution < 1.29 is 14.3 Å². The molecule has 1 heterocycles. The van der Waals surface area contributed by atoms with Gasteiger partial charge in [-0.2, -0.15) is 4.99 Å². The van der Waals surface area contributed by atoms with Crippen molar-refractivity contribution in [2.24, 2.45) is 4.99 Å². The zero-order valence-electron chi connectivity index (χ0n) is 14.6. The molecule has 3 aromatic rings. The zero-order valence-corrected chi connectivity index (χ0v) is 15.4. The van der Waals surface area contributed by atoms with E-state index in [1.54, 1.807) is 7.11 Å². The molecule has 132 valence electrons. The van der Waals surface area contributed by atoms with E-state index in [-0.39, 0.29) is 12.5 Å². The van der Waals surface area contributed by atoms with Crippen LogP contribution >= 0.6 is 11.3 Å². The van der Waals surface area contributed by atoms with E-state index < -0.39 is 0 Å². The lowest BCUT2D eigenvalue weighted by Crippen LogP contribution is -2.19. The van der Waals surface area contributed by atoms with Gasteiger partial charge in [0.15, 0.2) is 11.4 Å². The number of hydrogen-bond donors (Lipinski definition) is 0. The van der Waals surface area contributed by atoms with Crippen molar-refractivity contribution in [2.75, 3.05) is 13.7 Å². The molecule has 0 fully saturated rings. The highest BCUT2D eigenvalue weighted by atomic mass is 32.1. The number of fused-ring (bicyclic) bond motifs is 1. The predicted octanol–water partition coefficient (Wildman–Crippen LogP) is 3.16. The van der Waals surface area contributed by atoms with Crippen molar-refractivity contribution in [2.45, 2.75) is 13.5 Å². The highest BCUT2D eigenvalue weighted by Crippen LogP contribution is 2.23. The van der Waals surface area contributed by atoms with Crippen LogP contribution < -0.4 is 14.3 Å². The summed E-state index contributed by atoms with van der Waals surface area (Å²) >= 11 is 1.39. The van der Waals surface area contributed by atoms with Gasteiger partial charge >= 0.3 is 0 Å². The number of benzene rings is 2. The third kappa shape index (κ3) is 3.79. The molecule has 1 aromatic heterocycles. The van der Waals surface area contributed by atoms with Gasteiger partial charge < -0.3 is 14.0 Å². The van der Waals surface area contributed by atoms with Crippen LogP contribution in [0.4, 0.5) is 0 Å². The minimum Gasteiger partial charge on any atom is -0.497 e. The lowest BCUT2D eigenvalue weighted by atomic mass is 10.2. The first-order valence-corrected chi connectivity index (χ1v) is 8.81. The Kier molecular flexibility index (Phi) is 5.40. The van der Waals surface area contributed by atoms with Crippen molar-refractivity contribution in [1.29, 1.82) is 0 Å². The minimum atomic E-state index is -0.363. The number of thiazole rings is 1. The minimum absolute atomic E-state index is 0.127. The molecule has 0 aliphatic rings. The van der Waals surface area contributed by atoms with Crippen LogP contribution in [0, 0.1) is 19.3 Å². The number of carbonyl (C=O) groups is 1. The van der Waals surface area contributed by atoms with E-state index in [0.717, 1.165) is 21.5 Å². The molecule has 5 nitrogen and oxygen atoms in total. The van der Waals surface area contributed by atoms with Crippen molar-refractivity contribution in [3.63, 3.8) is 0 Å². The number of methoxy groups -OCH3 is 1. The number of para-hydroxylation sites is 1. The van der Waals surface area contributed by atoms with Gasteiger partial charge in [-0.05, 0) is 36.8 Å². The summed E-state index contributed by atoms with van der Waals surface area (Å²) in [5.41, 5.74) is 1.89. The van der Waals surface area contributed by atoms with Crippen LogP contribution in [-0.4, -0.2) is 24.2 Å². The lowest BCUT2D eigenvalue weighted by molar-refractivity contribution is -0.120. The van der Waals surface area contributed by atoms with Crippen LogP contribution in [-0.2, 0) is 11.3 Å². The number of carbonyl (C=O) groups excluding carboxylic acids is 1. The van der Waals surface area contributed by atoms with Gasteiger partial charge in [0, 0.05) is 0 Å². The molecule has 0 radical (unpaired) electrons. The van der Waals surface area contributed by atoms with Crippen molar-refractivity contribution >= 4 is 27.5 Å². The predicted molar refractivity (Wildman–Crippen MR) is 102 cm³/mol. The number of hydrogen-bond acceptors (Lipinski definition) is 4. The standard InChI is InChI=1S/C20H18N2O3S/c1-4-11-22-16-10-9-15(24-3)12-18(16)26-20(22)21-19(23)13-25-17-8-6-5-7-14(17)2/h1,5-10,12H,11,13H2,2-3H3. The molecule has 0 aliphatic carbocycles. The first-order valence-electron chi connectivity index (χ1n) is 7.99. The Morgan fingerprint density at radius 1 is 1.31 bits per heavy atom. The van der Waals surface area contributed by atoms with Gasteiger partial charge in [0.1, 0.15) is 11.5 Å². The van der Waals surface area contributed by atoms with Gasteiger partial charge in [-0.25, -0.2) is 0 Å². The number of aryl methyl sites for hydroxylation is 1. The molecule has 0 spiro atoms. The maximum atomic E-state index is 12.3. The molecule has 0 saturated heterocycles. The SMILES string of the molecule is C#CCn1c(=NC(=O)COc2ccccc2C)sc2cc(OC)ccc21.